The van der Waals surface area contributed by atoms with Gasteiger partial charge in [-0.2, -0.15) is 0 Å². The first-order chi connectivity index (χ1) is 8.81. The minimum absolute atomic E-state index is 0.750. The summed E-state index contributed by atoms with van der Waals surface area (Å²) in [5.74, 6) is 1.90. The maximum atomic E-state index is 4.02. The third-order valence-corrected chi connectivity index (χ3v) is 5.52. The summed E-state index contributed by atoms with van der Waals surface area (Å²) >= 11 is 0. The molecule has 0 spiro atoms. The zero-order chi connectivity index (χ0) is 12.8. The summed E-state index contributed by atoms with van der Waals surface area (Å²) in [7, 11) is 0. The normalized spacial score (nSPS) is 33.0. The van der Waals surface area contributed by atoms with Crippen molar-refractivity contribution in [3.05, 3.63) is 0 Å². The molecule has 106 valence electrons. The highest BCUT2D eigenvalue weighted by Crippen LogP contribution is 2.30. The van der Waals surface area contributed by atoms with Gasteiger partial charge in [-0.25, -0.2) is 0 Å². The Labute approximate surface area is 114 Å². The zero-order valence-corrected chi connectivity index (χ0v) is 12.6. The lowest BCUT2D eigenvalue weighted by Gasteiger charge is -2.36. The Hall–Kier alpha value is -0.0400. The molecule has 2 saturated carbocycles. The van der Waals surface area contributed by atoms with Gasteiger partial charge in [-0.05, 0) is 44.4 Å². The SMILES string of the molecule is CCC1CCCCC1N[C@H](C)C1CCCCCC1. The molecular formula is C17H33N. The van der Waals surface area contributed by atoms with Crippen molar-refractivity contribution in [3.63, 3.8) is 0 Å². The minimum Gasteiger partial charge on any atom is -0.311 e. The van der Waals surface area contributed by atoms with Crippen LogP contribution in [-0.4, -0.2) is 12.1 Å². The Morgan fingerprint density at radius 3 is 2.17 bits per heavy atom. The van der Waals surface area contributed by atoms with E-state index in [0.29, 0.717) is 0 Å². The van der Waals surface area contributed by atoms with Crippen molar-refractivity contribution in [2.24, 2.45) is 11.8 Å². The van der Waals surface area contributed by atoms with Crippen molar-refractivity contribution in [1.82, 2.24) is 5.32 Å². The number of hydrogen-bond donors (Lipinski definition) is 1. The summed E-state index contributed by atoms with van der Waals surface area (Å²) in [6.45, 7) is 4.83. The van der Waals surface area contributed by atoms with Gasteiger partial charge in [0.05, 0.1) is 0 Å². The van der Waals surface area contributed by atoms with Crippen LogP contribution in [0.25, 0.3) is 0 Å². The van der Waals surface area contributed by atoms with Crippen LogP contribution < -0.4 is 5.32 Å². The van der Waals surface area contributed by atoms with Crippen LogP contribution in [0, 0.1) is 11.8 Å². The Kier molecular flexibility index (Phi) is 6.01. The molecule has 1 nitrogen and oxygen atoms in total. The average Bonchev–Trinajstić information content (AvgIpc) is 2.68. The van der Waals surface area contributed by atoms with Crippen molar-refractivity contribution in [2.45, 2.75) is 96.6 Å². The van der Waals surface area contributed by atoms with Crippen LogP contribution in [0.2, 0.25) is 0 Å². The quantitative estimate of drug-likeness (QED) is 0.700. The van der Waals surface area contributed by atoms with Crippen LogP contribution in [0.15, 0.2) is 0 Å². The Balaban J connectivity index is 1.82. The first kappa shape index (κ1) is 14.4. The smallest absolute Gasteiger partial charge is 0.00978 e. The summed E-state index contributed by atoms with van der Waals surface area (Å²) in [5, 5.41) is 4.02. The maximum Gasteiger partial charge on any atom is 0.00978 e. The van der Waals surface area contributed by atoms with Gasteiger partial charge < -0.3 is 5.32 Å². The van der Waals surface area contributed by atoms with E-state index in [2.05, 4.69) is 19.2 Å². The molecule has 0 aromatic carbocycles. The molecule has 1 N–H and O–H groups in total. The van der Waals surface area contributed by atoms with E-state index in [1.54, 1.807) is 0 Å². The molecule has 2 aliphatic carbocycles. The van der Waals surface area contributed by atoms with Crippen LogP contribution in [0.3, 0.4) is 0 Å². The lowest BCUT2D eigenvalue weighted by atomic mass is 9.81. The fourth-order valence-corrected chi connectivity index (χ4v) is 4.20. The van der Waals surface area contributed by atoms with Crippen LogP contribution in [0.4, 0.5) is 0 Å². The van der Waals surface area contributed by atoms with Gasteiger partial charge in [0.1, 0.15) is 0 Å². The monoisotopic (exact) mass is 251 g/mol. The van der Waals surface area contributed by atoms with E-state index < -0.39 is 0 Å². The molecule has 0 aliphatic heterocycles. The fourth-order valence-electron chi connectivity index (χ4n) is 4.20. The molecule has 0 bridgehead atoms. The minimum atomic E-state index is 0.750. The van der Waals surface area contributed by atoms with Crippen molar-refractivity contribution in [1.29, 1.82) is 0 Å². The Morgan fingerprint density at radius 2 is 1.50 bits per heavy atom. The standard InChI is InChI=1S/C17H33N/c1-3-15-10-8-9-13-17(15)18-14(2)16-11-6-4-5-7-12-16/h14-18H,3-13H2,1-2H3/t14-,15?,17?/m1/s1. The highest BCUT2D eigenvalue weighted by molar-refractivity contribution is 4.85. The van der Waals surface area contributed by atoms with Crippen LogP contribution in [-0.2, 0) is 0 Å². The van der Waals surface area contributed by atoms with E-state index in [9.17, 15) is 0 Å². The predicted octanol–water partition coefficient (Wildman–Crippen LogP) is 4.90. The highest BCUT2D eigenvalue weighted by Gasteiger charge is 2.27. The first-order valence-corrected chi connectivity index (χ1v) is 8.57. The lowest BCUT2D eigenvalue weighted by molar-refractivity contribution is 0.210. The summed E-state index contributed by atoms with van der Waals surface area (Å²) in [4.78, 5) is 0. The van der Waals surface area contributed by atoms with Crippen molar-refractivity contribution in [2.75, 3.05) is 0 Å². The second-order valence-electron chi connectivity index (χ2n) is 6.77. The van der Waals surface area contributed by atoms with E-state index in [1.807, 2.05) is 0 Å². The molecule has 2 rings (SSSR count). The van der Waals surface area contributed by atoms with Crippen LogP contribution in [0.1, 0.15) is 84.5 Å². The molecule has 18 heavy (non-hydrogen) atoms. The third-order valence-electron chi connectivity index (χ3n) is 5.52. The molecular weight excluding hydrogens is 218 g/mol. The molecule has 0 heterocycles. The average molecular weight is 251 g/mol. The van der Waals surface area contributed by atoms with Gasteiger partial charge in [0.25, 0.3) is 0 Å². The summed E-state index contributed by atoms with van der Waals surface area (Å²) < 4.78 is 0. The maximum absolute atomic E-state index is 4.02. The molecule has 2 unspecified atom stereocenters. The van der Waals surface area contributed by atoms with Crippen molar-refractivity contribution < 1.29 is 0 Å². The second-order valence-corrected chi connectivity index (χ2v) is 6.77. The number of nitrogens with one attached hydrogen (secondary N) is 1. The van der Waals surface area contributed by atoms with Crippen molar-refractivity contribution in [3.8, 4) is 0 Å². The molecule has 0 radical (unpaired) electrons. The van der Waals surface area contributed by atoms with Gasteiger partial charge in [0.15, 0.2) is 0 Å². The van der Waals surface area contributed by atoms with Gasteiger partial charge >= 0.3 is 0 Å². The molecule has 0 aromatic rings. The topological polar surface area (TPSA) is 12.0 Å². The molecule has 0 amide bonds. The molecule has 0 saturated heterocycles. The summed E-state index contributed by atoms with van der Waals surface area (Å²) in [6, 6.07) is 1.57. The molecule has 2 aliphatic rings. The van der Waals surface area contributed by atoms with E-state index in [1.165, 1.54) is 70.6 Å². The third kappa shape index (κ3) is 3.98. The second kappa shape index (κ2) is 7.53. The molecule has 3 atom stereocenters. The van der Waals surface area contributed by atoms with E-state index in [-0.39, 0.29) is 0 Å². The molecule has 2 fully saturated rings. The van der Waals surface area contributed by atoms with Gasteiger partial charge in [-0.3, -0.25) is 0 Å². The van der Waals surface area contributed by atoms with Gasteiger partial charge in [0, 0.05) is 12.1 Å². The van der Waals surface area contributed by atoms with Gasteiger partial charge in [-0.1, -0.05) is 51.9 Å². The Morgan fingerprint density at radius 1 is 0.889 bits per heavy atom. The molecule has 1 heteroatoms. The van der Waals surface area contributed by atoms with Crippen LogP contribution in [0.5, 0.6) is 0 Å². The van der Waals surface area contributed by atoms with Gasteiger partial charge in [-0.15, -0.1) is 0 Å². The summed E-state index contributed by atoms with van der Waals surface area (Å²) in [5.41, 5.74) is 0. The first-order valence-electron chi connectivity index (χ1n) is 8.57. The van der Waals surface area contributed by atoms with E-state index in [4.69, 9.17) is 0 Å². The van der Waals surface area contributed by atoms with E-state index in [0.717, 1.165) is 23.9 Å². The number of hydrogen-bond acceptors (Lipinski definition) is 1. The molecule has 0 aromatic heterocycles. The van der Waals surface area contributed by atoms with Crippen LogP contribution >= 0.6 is 0 Å². The zero-order valence-electron chi connectivity index (χ0n) is 12.6. The predicted molar refractivity (Wildman–Crippen MR) is 79.8 cm³/mol. The summed E-state index contributed by atoms with van der Waals surface area (Å²) in [6.07, 6.45) is 16.0. The van der Waals surface area contributed by atoms with E-state index >= 15 is 0 Å². The lowest BCUT2D eigenvalue weighted by Crippen LogP contribution is -2.46. The Bertz CT molecular complexity index is 218. The van der Waals surface area contributed by atoms with Gasteiger partial charge in [0.2, 0.25) is 0 Å². The number of rotatable bonds is 4. The fraction of sp³-hybridized carbons (Fsp3) is 1.00. The van der Waals surface area contributed by atoms with Crippen molar-refractivity contribution >= 4 is 0 Å². The highest BCUT2D eigenvalue weighted by atomic mass is 15.0. The largest absolute Gasteiger partial charge is 0.311 e.